The van der Waals surface area contributed by atoms with Crippen LogP contribution in [0.2, 0.25) is 5.02 Å². The Balaban J connectivity index is 1.62. The first-order valence-corrected chi connectivity index (χ1v) is 9.62. The maximum atomic E-state index is 13.4. The number of carbonyl (C=O) groups excluding carboxylic acids is 1. The number of hydrogen-bond acceptors (Lipinski definition) is 4. The van der Waals surface area contributed by atoms with Gasteiger partial charge < -0.3 is 5.32 Å². The summed E-state index contributed by atoms with van der Waals surface area (Å²) in [6.07, 6.45) is 0. The van der Waals surface area contributed by atoms with Crippen LogP contribution in [0.25, 0.3) is 11.4 Å². The van der Waals surface area contributed by atoms with Crippen molar-refractivity contribution in [1.82, 2.24) is 15.3 Å². The molecule has 1 aromatic heterocycles. The molecule has 0 aliphatic heterocycles. The molecule has 3 rings (SSSR count). The van der Waals surface area contributed by atoms with Crippen LogP contribution >= 0.6 is 23.4 Å². The Hall–Kier alpha value is -2.44. The maximum Gasteiger partial charge on any atom is 0.230 e. The van der Waals surface area contributed by atoms with Gasteiger partial charge in [-0.15, -0.1) is 0 Å². The summed E-state index contributed by atoms with van der Waals surface area (Å²) in [5.74, 6) is 0.187. The Morgan fingerprint density at radius 3 is 2.74 bits per heavy atom. The average molecular weight is 402 g/mol. The minimum atomic E-state index is -0.342. The normalized spacial score (nSPS) is 10.6. The zero-order valence-corrected chi connectivity index (χ0v) is 16.1. The van der Waals surface area contributed by atoms with Crippen molar-refractivity contribution in [2.45, 2.75) is 18.5 Å². The summed E-state index contributed by atoms with van der Waals surface area (Å²) in [6, 6.07) is 15.3. The van der Waals surface area contributed by atoms with Crippen LogP contribution in [-0.4, -0.2) is 21.6 Å². The molecule has 3 aromatic rings. The van der Waals surface area contributed by atoms with Gasteiger partial charge in [-0.25, -0.2) is 14.4 Å². The molecule has 0 aliphatic rings. The summed E-state index contributed by atoms with van der Waals surface area (Å²) in [4.78, 5) is 20.9. The van der Waals surface area contributed by atoms with E-state index in [-0.39, 0.29) is 17.5 Å². The molecule has 0 atom stereocenters. The number of nitrogens with zero attached hydrogens (tertiary/aromatic N) is 2. The van der Waals surface area contributed by atoms with Gasteiger partial charge in [-0.1, -0.05) is 53.7 Å². The number of nitrogens with one attached hydrogen (secondary N) is 1. The van der Waals surface area contributed by atoms with E-state index in [1.807, 2.05) is 25.1 Å². The lowest BCUT2D eigenvalue weighted by atomic mass is 10.2. The predicted molar refractivity (Wildman–Crippen MR) is 106 cm³/mol. The standard InChI is InChI=1S/C20H17ClFN3OS/c1-13-9-19(25-20(24-13)14-6-4-7-16(22)10-14)27-12-18(26)23-11-15-5-2-3-8-17(15)21/h2-10H,11-12H2,1H3,(H,23,26). The molecule has 1 heterocycles. The van der Waals surface area contributed by atoms with Gasteiger partial charge in [-0.2, -0.15) is 0 Å². The molecule has 0 bridgehead atoms. The van der Waals surface area contributed by atoms with E-state index in [0.29, 0.717) is 28.0 Å². The molecule has 0 unspecified atom stereocenters. The van der Waals surface area contributed by atoms with E-state index < -0.39 is 0 Å². The Morgan fingerprint density at radius 2 is 1.96 bits per heavy atom. The van der Waals surface area contributed by atoms with Crippen molar-refractivity contribution in [3.8, 4) is 11.4 Å². The monoisotopic (exact) mass is 401 g/mol. The number of benzene rings is 2. The second-order valence-corrected chi connectivity index (χ2v) is 7.24. The van der Waals surface area contributed by atoms with Gasteiger partial charge in [0.25, 0.3) is 0 Å². The topological polar surface area (TPSA) is 54.9 Å². The van der Waals surface area contributed by atoms with Gasteiger partial charge in [-0.05, 0) is 36.8 Å². The summed E-state index contributed by atoms with van der Waals surface area (Å²) in [7, 11) is 0. The summed E-state index contributed by atoms with van der Waals surface area (Å²) in [5, 5.41) is 4.12. The van der Waals surface area contributed by atoms with Gasteiger partial charge in [0.2, 0.25) is 5.91 Å². The number of carbonyl (C=O) groups is 1. The summed E-state index contributed by atoms with van der Waals surface area (Å²) >= 11 is 7.39. The lowest BCUT2D eigenvalue weighted by Gasteiger charge is -2.08. The predicted octanol–water partition coefficient (Wildman–Crippen LogP) is 4.65. The largest absolute Gasteiger partial charge is 0.351 e. The number of halogens is 2. The number of amides is 1. The van der Waals surface area contributed by atoms with Crippen LogP contribution < -0.4 is 5.32 Å². The lowest BCUT2D eigenvalue weighted by Crippen LogP contribution is -2.24. The number of aromatic nitrogens is 2. The highest BCUT2D eigenvalue weighted by Crippen LogP contribution is 2.22. The van der Waals surface area contributed by atoms with Crippen LogP contribution in [0, 0.1) is 12.7 Å². The molecule has 27 heavy (non-hydrogen) atoms. The van der Waals surface area contributed by atoms with E-state index in [9.17, 15) is 9.18 Å². The Bertz CT molecular complexity index is 967. The summed E-state index contributed by atoms with van der Waals surface area (Å²) < 4.78 is 13.4. The number of hydrogen-bond donors (Lipinski definition) is 1. The lowest BCUT2D eigenvalue weighted by molar-refractivity contribution is -0.118. The summed E-state index contributed by atoms with van der Waals surface area (Å²) in [6.45, 7) is 2.21. The third-order valence-corrected chi connectivity index (χ3v) is 4.98. The van der Waals surface area contributed by atoms with Crippen molar-refractivity contribution in [1.29, 1.82) is 0 Å². The smallest absolute Gasteiger partial charge is 0.230 e. The van der Waals surface area contributed by atoms with Crippen molar-refractivity contribution >= 4 is 29.3 Å². The Kier molecular flexibility index (Phi) is 6.42. The van der Waals surface area contributed by atoms with Crippen molar-refractivity contribution in [3.05, 3.63) is 76.7 Å². The van der Waals surface area contributed by atoms with Crippen molar-refractivity contribution in [3.63, 3.8) is 0 Å². The zero-order chi connectivity index (χ0) is 19.2. The van der Waals surface area contributed by atoms with Crippen LogP contribution in [0.1, 0.15) is 11.3 Å². The van der Waals surface area contributed by atoms with Gasteiger partial charge >= 0.3 is 0 Å². The molecule has 0 spiro atoms. The SMILES string of the molecule is Cc1cc(SCC(=O)NCc2ccccc2Cl)nc(-c2cccc(F)c2)n1. The van der Waals surface area contributed by atoms with Crippen molar-refractivity contribution in [2.24, 2.45) is 0 Å². The van der Waals surface area contributed by atoms with E-state index in [1.165, 1.54) is 23.9 Å². The molecule has 0 radical (unpaired) electrons. The zero-order valence-electron chi connectivity index (χ0n) is 14.6. The van der Waals surface area contributed by atoms with Crippen LogP contribution in [0.4, 0.5) is 4.39 Å². The molecule has 0 aliphatic carbocycles. The molecule has 138 valence electrons. The van der Waals surface area contributed by atoms with Gasteiger partial charge in [0.15, 0.2) is 5.82 Å². The van der Waals surface area contributed by atoms with E-state index in [4.69, 9.17) is 11.6 Å². The highest BCUT2D eigenvalue weighted by Gasteiger charge is 2.09. The first-order chi connectivity index (χ1) is 13.0. The van der Waals surface area contributed by atoms with E-state index in [0.717, 1.165) is 11.3 Å². The molecule has 2 aromatic carbocycles. The molecule has 1 amide bonds. The molecule has 1 N–H and O–H groups in total. The first-order valence-electron chi connectivity index (χ1n) is 8.26. The third kappa shape index (κ3) is 5.52. The highest BCUT2D eigenvalue weighted by atomic mass is 35.5. The van der Waals surface area contributed by atoms with E-state index in [2.05, 4.69) is 15.3 Å². The highest BCUT2D eigenvalue weighted by molar-refractivity contribution is 7.99. The summed E-state index contributed by atoms with van der Waals surface area (Å²) in [5.41, 5.74) is 2.22. The quantitative estimate of drug-likeness (QED) is 0.482. The van der Waals surface area contributed by atoms with E-state index in [1.54, 1.807) is 24.3 Å². The fourth-order valence-electron chi connectivity index (χ4n) is 2.40. The number of thioether (sulfide) groups is 1. The van der Waals surface area contributed by atoms with Crippen LogP contribution in [0.5, 0.6) is 0 Å². The Labute approximate surface area is 166 Å². The fourth-order valence-corrected chi connectivity index (χ4v) is 3.38. The molecule has 7 heteroatoms. The number of aryl methyl sites for hydroxylation is 1. The minimum Gasteiger partial charge on any atom is -0.351 e. The molecular formula is C20H17ClFN3OS. The van der Waals surface area contributed by atoms with Gasteiger partial charge in [-0.3, -0.25) is 4.79 Å². The van der Waals surface area contributed by atoms with Gasteiger partial charge in [0, 0.05) is 22.8 Å². The fraction of sp³-hybridized carbons (Fsp3) is 0.150. The molecule has 0 fully saturated rings. The third-order valence-electron chi connectivity index (χ3n) is 3.70. The number of rotatable bonds is 6. The second-order valence-electron chi connectivity index (χ2n) is 5.84. The molecular weight excluding hydrogens is 385 g/mol. The van der Waals surface area contributed by atoms with Gasteiger partial charge in [0.1, 0.15) is 10.8 Å². The second kappa shape index (κ2) is 8.97. The molecule has 4 nitrogen and oxygen atoms in total. The average Bonchev–Trinajstić information content (AvgIpc) is 2.65. The first kappa shape index (κ1) is 19.3. The van der Waals surface area contributed by atoms with Crippen LogP contribution in [0.15, 0.2) is 59.6 Å². The molecule has 0 saturated carbocycles. The van der Waals surface area contributed by atoms with E-state index >= 15 is 0 Å². The molecule has 0 saturated heterocycles. The maximum absolute atomic E-state index is 13.4. The van der Waals surface area contributed by atoms with Crippen molar-refractivity contribution in [2.75, 3.05) is 5.75 Å². The Morgan fingerprint density at radius 1 is 1.15 bits per heavy atom. The van der Waals surface area contributed by atoms with Crippen LogP contribution in [-0.2, 0) is 11.3 Å². The van der Waals surface area contributed by atoms with Crippen LogP contribution in [0.3, 0.4) is 0 Å². The minimum absolute atomic E-state index is 0.122. The van der Waals surface area contributed by atoms with Crippen molar-refractivity contribution < 1.29 is 9.18 Å². The van der Waals surface area contributed by atoms with Gasteiger partial charge in [0.05, 0.1) is 5.75 Å².